The van der Waals surface area contributed by atoms with Crippen LogP contribution in [0.25, 0.3) is 0 Å². The van der Waals surface area contributed by atoms with E-state index in [-0.39, 0.29) is 6.04 Å². The Hall–Kier alpha value is -0.980. The molecule has 1 aromatic rings. The van der Waals surface area contributed by atoms with Crippen LogP contribution in [0.1, 0.15) is 31.2 Å². The van der Waals surface area contributed by atoms with Gasteiger partial charge in [-0.25, -0.2) is 0 Å². The first kappa shape index (κ1) is 13.1. The number of aromatic nitrogens is 2. The van der Waals surface area contributed by atoms with E-state index in [1.807, 2.05) is 14.0 Å². The minimum Gasteiger partial charge on any atom is -0.298 e. The molecule has 0 aliphatic rings. The number of nitrogens with zero attached hydrogens (tertiary/aromatic N) is 2. The number of terminal acetylenes is 1. The van der Waals surface area contributed by atoms with E-state index in [1.165, 1.54) is 0 Å². The van der Waals surface area contributed by atoms with Crippen LogP contribution in [-0.4, -0.2) is 15.8 Å². The summed E-state index contributed by atoms with van der Waals surface area (Å²) in [6, 6.07) is 0.108. The van der Waals surface area contributed by atoms with E-state index in [9.17, 15) is 0 Å². The van der Waals surface area contributed by atoms with Crippen molar-refractivity contribution in [2.24, 2.45) is 7.05 Å². The highest BCUT2D eigenvalue weighted by molar-refractivity contribution is 6.31. The Balaban J connectivity index is 2.64. The topological polar surface area (TPSA) is 29.9 Å². The number of nitrogens with one attached hydrogen (secondary N) is 1. The van der Waals surface area contributed by atoms with Gasteiger partial charge in [0, 0.05) is 13.6 Å². The molecule has 1 unspecified atom stereocenters. The van der Waals surface area contributed by atoms with Crippen molar-refractivity contribution in [2.45, 2.75) is 39.3 Å². The molecule has 1 rings (SSSR count). The molecule has 3 nitrogen and oxygen atoms in total. The second-order valence-electron chi connectivity index (χ2n) is 3.86. The average molecular weight is 240 g/mol. The van der Waals surface area contributed by atoms with Gasteiger partial charge < -0.3 is 0 Å². The molecule has 0 fully saturated rings. The van der Waals surface area contributed by atoms with Gasteiger partial charge in [0.15, 0.2) is 0 Å². The van der Waals surface area contributed by atoms with E-state index in [2.05, 4.69) is 23.3 Å². The molecule has 1 aromatic heterocycles. The third kappa shape index (κ3) is 3.01. The number of halogens is 1. The summed E-state index contributed by atoms with van der Waals surface area (Å²) in [7, 11) is 1.89. The Kier molecular flexibility index (Phi) is 4.85. The molecule has 16 heavy (non-hydrogen) atoms. The summed E-state index contributed by atoms with van der Waals surface area (Å²) in [6.45, 7) is 4.68. The zero-order chi connectivity index (χ0) is 12.1. The van der Waals surface area contributed by atoms with Crippen molar-refractivity contribution in [2.75, 3.05) is 0 Å². The highest BCUT2D eigenvalue weighted by Crippen LogP contribution is 2.19. The standard InChI is InChI=1S/C12H18ClN3/c1-5-7-10(6-2)14-8-11-12(13)9(3)15-16(11)4/h2,10,14H,5,7-8H2,1,3-4H3. The fourth-order valence-electron chi connectivity index (χ4n) is 1.63. The van der Waals surface area contributed by atoms with Crippen LogP contribution in [-0.2, 0) is 13.6 Å². The Morgan fingerprint density at radius 1 is 1.62 bits per heavy atom. The molecule has 0 saturated heterocycles. The zero-order valence-electron chi connectivity index (χ0n) is 10.0. The van der Waals surface area contributed by atoms with E-state index >= 15 is 0 Å². The first-order valence-electron chi connectivity index (χ1n) is 5.47. The predicted molar refractivity (Wildman–Crippen MR) is 67.3 cm³/mol. The number of rotatable bonds is 5. The lowest BCUT2D eigenvalue weighted by Crippen LogP contribution is -2.27. The Morgan fingerprint density at radius 3 is 2.75 bits per heavy atom. The van der Waals surface area contributed by atoms with E-state index in [1.54, 1.807) is 4.68 Å². The summed E-state index contributed by atoms with van der Waals surface area (Å²) in [4.78, 5) is 0. The fourth-order valence-corrected chi connectivity index (χ4v) is 1.85. The maximum absolute atomic E-state index is 6.14. The molecule has 0 radical (unpaired) electrons. The van der Waals surface area contributed by atoms with Crippen molar-refractivity contribution in [1.29, 1.82) is 0 Å². The lowest BCUT2D eigenvalue weighted by Gasteiger charge is -2.12. The summed E-state index contributed by atoms with van der Waals surface area (Å²) in [5.74, 6) is 2.74. The third-order valence-electron chi connectivity index (χ3n) is 2.56. The highest BCUT2D eigenvalue weighted by Gasteiger charge is 2.12. The van der Waals surface area contributed by atoms with Crippen molar-refractivity contribution in [1.82, 2.24) is 15.1 Å². The maximum atomic E-state index is 6.14. The van der Waals surface area contributed by atoms with Gasteiger partial charge in [-0.05, 0) is 13.3 Å². The van der Waals surface area contributed by atoms with Crippen molar-refractivity contribution in [3.63, 3.8) is 0 Å². The molecular formula is C12H18ClN3. The highest BCUT2D eigenvalue weighted by atomic mass is 35.5. The van der Waals surface area contributed by atoms with Crippen LogP contribution in [0.2, 0.25) is 5.02 Å². The van der Waals surface area contributed by atoms with Gasteiger partial charge in [0.05, 0.1) is 22.5 Å². The average Bonchev–Trinajstić information content (AvgIpc) is 2.49. The predicted octanol–water partition coefficient (Wildman–Crippen LogP) is 2.27. The summed E-state index contributed by atoms with van der Waals surface area (Å²) in [5, 5.41) is 8.28. The van der Waals surface area contributed by atoms with Gasteiger partial charge >= 0.3 is 0 Å². The number of aryl methyl sites for hydroxylation is 2. The van der Waals surface area contributed by atoms with Crippen LogP contribution in [0.15, 0.2) is 0 Å². The van der Waals surface area contributed by atoms with Crippen LogP contribution in [0, 0.1) is 19.3 Å². The molecule has 0 aliphatic heterocycles. The first-order valence-corrected chi connectivity index (χ1v) is 5.85. The van der Waals surface area contributed by atoms with E-state index in [4.69, 9.17) is 18.0 Å². The van der Waals surface area contributed by atoms with Gasteiger partial charge in [-0.3, -0.25) is 10.00 Å². The lowest BCUT2D eigenvalue weighted by molar-refractivity contribution is 0.542. The van der Waals surface area contributed by atoms with E-state index < -0.39 is 0 Å². The van der Waals surface area contributed by atoms with Crippen molar-refractivity contribution >= 4 is 11.6 Å². The molecule has 4 heteroatoms. The van der Waals surface area contributed by atoms with Gasteiger partial charge in [-0.2, -0.15) is 5.10 Å². The normalized spacial score (nSPS) is 12.4. The molecule has 88 valence electrons. The Morgan fingerprint density at radius 2 is 2.31 bits per heavy atom. The number of hydrogen-bond acceptors (Lipinski definition) is 2. The van der Waals surface area contributed by atoms with E-state index in [0.717, 1.165) is 29.3 Å². The quantitative estimate of drug-likeness (QED) is 0.799. The van der Waals surface area contributed by atoms with Crippen LogP contribution < -0.4 is 5.32 Å². The molecule has 1 heterocycles. The molecule has 0 bridgehead atoms. The largest absolute Gasteiger partial charge is 0.298 e. The van der Waals surface area contributed by atoms with Gasteiger partial charge in [0.2, 0.25) is 0 Å². The minimum absolute atomic E-state index is 0.108. The number of hydrogen-bond donors (Lipinski definition) is 1. The van der Waals surface area contributed by atoms with Crippen LogP contribution in [0.3, 0.4) is 0 Å². The fraction of sp³-hybridized carbons (Fsp3) is 0.583. The summed E-state index contributed by atoms with van der Waals surface area (Å²) < 4.78 is 1.80. The minimum atomic E-state index is 0.108. The van der Waals surface area contributed by atoms with Gasteiger partial charge in [0.25, 0.3) is 0 Å². The van der Waals surface area contributed by atoms with Gasteiger partial charge in [-0.15, -0.1) is 6.42 Å². The Labute approximate surface area is 102 Å². The molecule has 0 amide bonds. The van der Waals surface area contributed by atoms with Crippen molar-refractivity contribution < 1.29 is 0 Å². The lowest BCUT2D eigenvalue weighted by atomic mass is 10.2. The molecule has 1 N–H and O–H groups in total. The molecule has 0 saturated carbocycles. The van der Waals surface area contributed by atoms with Crippen molar-refractivity contribution in [3.8, 4) is 12.3 Å². The molecule has 0 aliphatic carbocycles. The zero-order valence-corrected chi connectivity index (χ0v) is 10.8. The summed E-state index contributed by atoms with van der Waals surface area (Å²) in [5.41, 5.74) is 1.84. The maximum Gasteiger partial charge on any atom is 0.0860 e. The third-order valence-corrected chi connectivity index (χ3v) is 3.05. The second kappa shape index (κ2) is 5.93. The second-order valence-corrected chi connectivity index (χ2v) is 4.24. The van der Waals surface area contributed by atoms with Crippen LogP contribution in [0.5, 0.6) is 0 Å². The molecule has 0 spiro atoms. The monoisotopic (exact) mass is 239 g/mol. The molecule has 0 aromatic carbocycles. The van der Waals surface area contributed by atoms with E-state index in [0.29, 0.717) is 6.54 Å². The summed E-state index contributed by atoms with van der Waals surface area (Å²) >= 11 is 6.14. The van der Waals surface area contributed by atoms with Gasteiger partial charge in [-0.1, -0.05) is 30.9 Å². The molecular weight excluding hydrogens is 222 g/mol. The molecule has 1 atom stereocenters. The van der Waals surface area contributed by atoms with Crippen molar-refractivity contribution in [3.05, 3.63) is 16.4 Å². The smallest absolute Gasteiger partial charge is 0.0860 e. The first-order chi connectivity index (χ1) is 7.60. The summed E-state index contributed by atoms with van der Waals surface area (Å²) in [6.07, 6.45) is 7.48. The van der Waals surface area contributed by atoms with Crippen LogP contribution >= 0.6 is 11.6 Å². The van der Waals surface area contributed by atoms with Gasteiger partial charge in [0.1, 0.15) is 0 Å². The van der Waals surface area contributed by atoms with Crippen LogP contribution in [0.4, 0.5) is 0 Å². The Bertz CT molecular complexity index is 390. The SMILES string of the molecule is C#CC(CCC)NCc1c(Cl)c(C)nn1C.